The number of thioether (sulfide) groups is 1. The molecule has 1 aliphatic rings. The lowest BCUT2D eigenvalue weighted by Gasteiger charge is -2.42. The highest BCUT2D eigenvalue weighted by molar-refractivity contribution is 8.24. The van der Waals surface area contributed by atoms with E-state index >= 15 is 0 Å². The number of carboxylic acid groups (broad SMARTS) is 1. The number of hydrogen-bond donors (Lipinski definition) is 6. The van der Waals surface area contributed by atoms with Crippen molar-refractivity contribution < 1.29 is 33.6 Å². The van der Waals surface area contributed by atoms with Gasteiger partial charge in [0.2, 0.25) is 0 Å². The fraction of sp³-hybridized carbons (Fsp3) is 0.444. The van der Waals surface area contributed by atoms with Crippen molar-refractivity contribution in [3.05, 3.63) is 78.4 Å². The number of nitrogens with one attached hydrogen (secondary N) is 2. The van der Waals surface area contributed by atoms with Crippen molar-refractivity contribution in [2.45, 2.75) is 74.4 Å². The summed E-state index contributed by atoms with van der Waals surface area (Å²) in [5, 5.41) is 25.1. The van der Waals surface area contributed by atoms with Gasteiger partial charge in [-0.25, -0.2) is 0 Å². The third kappa shape index (κ3) is 9.67. The quantitative estimate of drug-likeness (QED) is 0.0627. The summed E-state index contributed by atoms with van der Waals surface area (Å²) < 4.78 is 30.0. The van der Waals surface area contributed by atoms with Gasteiger partial charge in [0.15, 0.2) is 6.61 Å². The predicted molar refractivity (Wildman–Crippen MR) is 194 cm³/mol. The Hall–Kier alpha value is -3.26. The van der Waals surface area contributed by atoms with E-state index in [4.69, 9.17) is 9.84 Å². The van der Waals surface area contributed by atoms with E-state index in [2.05, 4.69) is 29.4 Å². The van der Waals surface area contributed by atoms with Crippen molar-refractivity contribution in [2.75, 3.05) is 36.6 Å². The normalized spacial score (nSPS) is 17.0. The van der Waals surface area contributed by atoms with E-state index in [0.717, 1.165) is 49.1 Å². The number of hydrogen-bond acceptors (Lipinski definition) is 9. The SMILES string of the molecule is CCCCC1(CCCC)CN(c2ccccc2)c2cc(SC)c(OCC(=O)N[C@H](c3ccccc3)C(O)NCC(=O)O)cc2S(O)(O)C1. The number of aliphatic hydroxyl groups excluding tert-OH is 1. The Kier molecular flexibility index (Phi) is 13.6. The zero-order chi connectivity index (χ0) is 34.7. The van der Waals surface area contributed by atoms with Gasteiger partial charge in [0.1, 0.15) is 12.0 Å². The Morgan fingerprint density at radius 1 is 1.00 bits per heavy atom. The topological polar surface area (TPSA) is 152 Å². The standard InChI is InChI=1S/C36H49N3O7S2/c1-4-6-18-36(19-7-5-2)24-39(27-16-12-9-13-17-27)28-20-30(47-3)29(21-31(28)48(44,45)25-36)46-23-32(40)38-34(26-14-10-8-11-15-26)35(43)37-22-33(41)42/h8-17,20-21,34-35,37,43-45H,4-7,18-19,22-25H2,1-3H3,(H,38,40)(H,41,42)/t34-,35?/m1/s1. The fourth-order valence-corrected chi connectivity index (χ4v) is 9.03. The van der Waals surface area contributed by atoms with Crippen molar-refractivity contribution in [3.8, 4) is 5.75 Å². The van der Waals surface area contributed by atoms with Gasteiger partial charge in [-0.15, -0.1) is 11.8 Å². The number of nitrogens with zero attached hydrogens (tertiary/aromatic N) is 1. The van der Waals surface area contributed by atoms with Crippen LogP contribution in [0.3, 0.4) is 0 Å². The molecule has 3 aromatic rings. The summed E-state index contributed by atoms with van der Waals surface area (Å²) in [4.78, 5) is 27.7. The molecule has 6 N–H and O–H groups in total. The van der Waals surface area contributed by atoms with E-state index in [9.17, 15) is 23.8 Å². The molecule has 3 aromatic carbocycles. The molecule has 0 spiro atoms. The number of aliphatic hydroxyl groups is 1. The van der Waals surface area contributed by atoms with Crippen LogP contribution in [0.2, 0.25) is 0 Å². The lowest BCUT2D eigenvalue weighted by molar-refractivity contribution is -0.136. The average Bonchev–Trinajstić information content (AvgIpc) is 3.18. The van der Waals surface area contributed by atoms with Gasteiger partial charge in [-0.1, -0.05) is 88.1 Å². The molecule has 1 unspecified atom stereocenters. The van der Waals surface area contributed by atoms with Gasteiger partial charge in [0, 0.05) is 29.5 Å². The average molecular weight is 700 g/mol. The van der Waals surface area contributed by atoms with Crippen molar-refractivity contribution in [3.63, 3.8) is 0 Å². The molecule has 0 aromatic heterocycles. The van der Waals surface area contributed by atoms with Crippen LogP contribution in [-0.4, -0.2) is 69.1 Å². The molecular weight excluding hydrogens is 651 g/mol. The highest BCUT2D eigenvalue weighted by Gasteiger charge is 2.42. The summed E-state index contributed by atoms with van der Waals surface area (Å²) in [6, 6.07) is 21.4. The van der Waals surface area contributed by atoms with Gasteiger partial charge in [-0.05, 0) is 42.9 Å². The first kappa shape index (κ1) is 37.6. The highest BCUT2D eigenvalue weighted by atomic mass is 32.3. The molecule has 1 heterocycles. The smallest absolute Gasteiger partial charge is 0.317 e. The van der Waals surface area contributed by atoms with Gasteiger partial charge in [0.25, 0.3) is 5.91 Å². The molecule has 0 saturated heterocycles. The molecule has 12 heteroatoms. The van der Waals surface area contributed by atoms with Crippen LogP contribution in [0.5, 0.6) is 5.75 Å². The van der Waals surface area contributed by atoms with Crippen LogP contribution >= 0.6 is 22.4 Å². The number of unbranched alkanes of at least 4 members (excludes halogenated alkanes) is 2. The summed E-state index contributed by atoms with van der Waals surface area (Å²) in [6.45, 7) is 4.06. The maximum absolute atomic E-state index is 13.2. The Balaban J connectivity index is 1.67. The maximum Gasteiger partial charge on any atom is 0.317 e. The molecule has 2 atom stereocenters. The van der Waals surface area contributed by atoms with E-state index in [1.54, 1.807) is 36.4 Å². The molecule has 0 saturated carbocycles. The van der Waals surface area contributed by atoms with Crippen LogP contribution in [0.4, 0.5) is 11.4 Å². The number of benzene rings is 3. The second-order valence-corrected chi connectivity index (χ2v) is 15.3. The van der Waals surface area contributed by atoms with Crippen molar-refractivity contribution in [2.24, 2.45) is 5.41 Å². The summed E-state index contributed by atoms with van der Waals surface area (Å²) in [5.41, 5.74) is 1.95. The largest absolute Gasteiger partial charge is 0.483 e. The van der Waals surface area contributed by atoms with Crippen LogP contribution in [-0.2, 0) is 9.59 Å². The van der Waals surface area contributed by atoms with E-state index < -0.39 is 47.9 Å². The fourth-order valence-electron chi connectivity index (χ4n) is 6.29. The molecule has 262 valence electrons. The lowest BCUT2D eigenvalue weighted by Crippen LogP contribution is -2.46. The molecule has 48 heavy (non-hydrogen) atoms. The Bertz CT molecular complexity index is 1490. The van der Waals surface area contributed by atoms with Gasteiger partial charge >= 0.3 is 5.97 Å². The second kappa shape index (κ2) is 17.4. The monoisotopic (exact) mass is 699 g/mol. The predicted octanol–water partition coefficient (Wildman–Crippen LogP) is 7.27. The van der Waals surface area contributed by atoms with E-state index in [1.165, 1.54) is 11.8 Å². The Morgan fingerprint density at radius 2 is 1.62 bits per heavy atom. The number of carboxylic acids is 1. The van der Waals surface area contributed by atoms with Crippen LogP contribution in [0.15, 0.2) is 82.6 Å². The summed E-state index contributed by atoms with van der Waals surface area (Å²) in [6.07, 6.45) is 6.29. The number of rotatable bonds is 17. The zero-order valence-electron chi connectivity index (χ0n) is 27.9. The molecule has 10 nitrogen and oxygen atoms in total. The minimum Gasteiger partial charge on any atom is -0.483 e. The highest BCUT2D eigenvalue weighted by Crippen LogP contribution is 2.62. The Morgan fingerprint density at radius 3 is 2.21 bits per heavy atom. The maximum atomic E-state index is 13.2. The molecule has 4 rings (SSSR count). The first-order valence-corrected chi connectivity index (χ1v) is 19.4. The van der Waals surface area contributed by atoms with E-state index in [-0.39, 0.29) is 11.2 Å². The van der Waals surface area contributed by atoms with Gasteiger partial charge in [-0.2, -0.15) is 10.6 Å². The molecule has 0 fully saturated rings. The molecule has 0 bridgehead atoms. The van der Waals surface area contributed by atoms with Crippen LogP contribution in [0.1, 0.15) is 64.0 Å². The number of anilines is 2. The summed E-state index contributed by atoms with van der Waals surface area (Å²) >= 11 is 1.43. The third-order valence-electron chi connectivity index (χ3n) is 8.69. The minimum atomic E-state index is -3.27. The number of amides is 1. The number of carbonyl (C=O) groups is 2. The number of carbonyl (C=O) groups excluding carboxylic acids is 1. The Labute approximate surface area is 289 Å². The molecular formula is C36H49N3O7S2. The number of para-hydroxylation sites is 1. The lowest BCUT2D eigenvalue weighted by atomic mass is 9.79. The first-order valence-electron chi connectivity index (χ1n) is 16.4. The number of ether oxygens (including phenoxy) is 1. The zero-order valence-corrected chi connectivity index (χ0v) is 29.6. The van der Waals surface area contributed by atoms with Crippen LogP contribution < -0.4 is 20.3 Å². The molecule has 0 radical (unpaired) electrons. The van der Waals surface area contributed by atoms with Gasteiger partial charge < -0.3 is 25.2 Å². The molecule has 1 aliphatic heterocycles. The summed E-state index contributed by atoms with van der Waals surface area (Å²) in [7, 11) is -3.27. The number of fused-ring (bicyclic) bond motifs is 1. The third-order valence-corrected chi connectivity index (χ3v) is 11.5. The van der Waals surface area contributed by atoms with E-state index in [0.29, 0.717) is 28.4 Å². The second-order valence-electron chi connectivity index (χ2n) is 12.4. The van der Waals surface area contributed by atoms with Gasteiger partial charge in [0.05, 0.1) is 28.1 Å². The van der Waals surface area contributed by atoms with Crippen molar-refractivity contribution in [1.29, 1.82) is 0 Å². The first-order chi connectivity index (χ1) is 23.0. The molecule has 1 amide bonds. The molecule has 0 aliphatic carbocycles. The van der Waals surface area contributed by atoms with E-state index in [1.807, 2.05) is 42.7 Å². The van der Waals surface area contributed by atoms with Crippen molar-refractivity contribution in [1.82, 2.24) is 10.6 Å². The van der Waals surface area contributed by atoms with Crippen LogP contribution in [0.25, 0.3) is 0 Å². The summed E-state index contributed by atoms with van der Waals surface area (Å²) in [5.74, 6) is -1.10. The van der Waals surface area contributed by atoms with Gasteiger partial charge in [-0.3, -0.25) is 24.0 Å². The number of aliphatic carboxylic acids is 1. The minimum absolute atomic E-state index is 0.245. The van der Waals surface area contributed by atoms with Crippen LogP contribution in [0, 0.1) is 5.41 Å². The van der Waals surface area contributed by atoms with Crippen molar-refractivity contribution >= 4 is 45.6 Å².